The Hall–Kier alpha value is -8.50. The molecule has 7 N–H and O–H groups in total. The van der Waals surface area contributed by atoms with Crippen molar-refractivity contribution in [1.29, 1.82) is 0 Å². The molecule has 7 amide bonds. The Bertz CT molecular complexity index is 3750. The number of aromatic hydroxyl groups is 1. The maximum absolute atomic E-state index is 13.8. The number of methoxy groups -OCH3 is 1. The van der Waals surface area contributed by atoms with Gasteiger partial charge in [-0.1, -0.05) is 44.2 Å². The number of hydrogen-bond acceptors (Lipinski definition) is 20. The minimum atomic E-state index is -1.56. The Labute approximate surface area is 554 Å². The number of H-pyrrole nitrogens is 1. The topological polar surface area (TPSA) is 374 Å². The summed E-state index contributed by atoms with van der Waals surface area (Å²) in [7, 11) is -0.621. The van der Waals surface area contributed by atoms with E-state index in [4.69, 9.17) is 40.8 Å². The highest BCUT2D eigenvalue weighted by molar-refractivity contribution is 6.65. The van der Waals surface area contributed by atoms with Crippen LogP contribution in [0, 0.1) is 31.1 Å². The van der Waals surface area contributed by atoms with Gasteiger partial charge in [-0.05, 0) is 157 Å². The summed E-state index contributed by atoms with van der Waals surface area (Å²) in [5.41, 5.74) is 8.44. The number of hydrogen-bond donors (Lipinski definition) is 6. The van der Waals surface area contributed by atoms with Crippen LogP contribution in [0.2, 0.25) is 11.6 Å². The number of carboxylic acids is 1. The summed E-state index contributed by atoms with van der Waals surface area (Å²) in [4.78, 5) is 146. The molecule has 0 radical (unpaired) electrons. The van der Waals surface area contributed by atoms with Gasteiger partial charge in [0.2, 0.25) is 0 Å². The van der Waals surface area contributed by atoms with Gasteiger partial charge < -0.3 is 64.5 Å². The number of aromatic amines is 1. The van der Waals surface area contributed by atoms with Gasteiger partial charge in [0.05, 0.1) is 30.1 Å². The molecule has 7 aliphatic rings. The average molecular weight is 1340 g/mol. The third-order valence-corrected chi connectivity index (χ3v) is 19.0. The number of benzene rings is 2. The number of likely N-dealkylation sites (N-methyl/N-ethyl adjacent to an activating group) is 2. The Balaban J connectivity index is 0.000000205. The van der Waals surface area contributed by atoms with E-state index >= 15 is 0 Å². The van der Waals surface area contributed by atoms with Crippen LogP contribution in [0.5, 0.6) is 17.2 Å². The number of nitrogens with one attached hydrogen (secondary N) is 2. The van der Waals surface area contributed by atoms with Crippen LogP contribution in [0.3, 0.4) is 0 Å². The van der Waals surface area contributed by atoms with Gasteiger partial charge in [0.1, 0.15) is 34.7 Å². The van der Waals surface area contributed by atoms with Crippen molar-refractivity contribution in [1.82, 2.24) is 34.9 Å². The lowest BCUT2D eigenvalue weighted by molar-refractivity contribution is -0.199. The molecule has 3 saturated carbocycles. The fourth-order valence-electron chi connectivity index (χ4n) is 13.2. The minimum absolute atomic E-state index is 0.0108. The van der Waals surface area contributed by atoms with Gasteiger partial charge in [0.15, 0.2) is 17.3 Å². The van der Waals surface area contributed by atoms with Crippen LogP contribution >= 0.6 is 11.6 Å². The zero-order chi connectivity index (χ0) is 69.9. The Morgan fingerprint density at radius 2 is 1.48 bits per heavy atom. The number of halogens is 1. The molecule has 508 valence electrons. The number of nitrogens with zero attached hydrogens (tertiary/aromatic N) is 5. The number of carbonyl (C=O) groups excluding carboxylic acids is 9. The van der Waals surface area contributed by atoms with E-state index in [0.717, 1.165) is 40.6 Å². The normalized spacial score (nSPS) is 22.0. The number of rotatable bonds is 17. The number of piperazine rings is 2. The number of ketones is 2. The van der Waals surface area contributed by atoms with Gasteiger partial charge in [-0.15, -0.1) is 0 Å². The van der Waals surface area contributed by atoms with Crippen LogP contribution in [-0.4, -0.2) is 181 Å². The van der Waals surface area contributed by atoms with Gasteiger partial charge in [0, 0.05) is 75.1 Å². The number of imide groups is 2. The third kappa shape index (κ3) is 15.6. The Morgan fingerprint density at radius 1 is 0.853 bits per heavy atom. The second-order valence-electron chi connectivity index (χ2n) is 26.3. The largest absolute Gasteiger partial charge is 0.535 e. The molecule has 6 heterocycles. The summed E-state index contributed by atoms with van der Waals surface area (Å²) >= 11 is 5.10. The number of amides is 7. The van der Waals surface area contributed by atoms with Crippen molar-refractivity contribution < 1.29 is 86.6 Å². The third-order valence-electron chi connectivity index (χ3n) is 18.8. The van der Waals surface area contributed by atoms with Crippen LogP contribution in [-0.2, 0) is 55.7 Å². The fourth-order valence-corrected chi connectivity index (χ4v) is 13.4. The molecule has 8 atom stereocenters. The lowest BCUT2D eigenvalue weighted by atomic mass is 9.43. The molecule has 2 bridgehead atoms. The molecule has 3 aliphatic carbocycles. The second-order valence-corrected chi connectivity index (χ2v) is 26.6. The van der Waals surface area contributed by atoms with E-state index in [-0.39, 0.29) is 85.6 Å². The molecule has 4 aromatic rings. The summed E-state index contributed by atoms with van der Waals surface area (Å²) < 4.78 is 30.4. The van der Waals surface area contributed by atoms with Crippen molar-refractivity contribution in [3.63, 3.8) is 0 Å². The first-order valence-corrected chi connectivity index (χ1v) is 31.8. The molecule has 6 fully saturated rings. The van der Waals surface area contributed by atoms with Gasteiger partial charge >= 0.3 is 61.2 Å². The number of carbonyl (C=O) groups is 10. The lowest BCUT2D eigenvalue weighted by Crippen LogP contribution is -2.65. The van der Waals surface area contributed by atoms with Crippen LogP contribution < -0.4 is 26.0 Å². The van der Waals surface area contributed by atoms with Gasteiger partial charge in [-0.25, -0.2) is 14.4 Å². The van der Waals surface area contributed by atoms with Crippen molar-refractivity contribution in [3.05, 3.63) is 116 Å². The molecule has 2 aromatic heterocycles. The molecular formula is C65H81B2ClN8O19. The smallest absolute Gasteiger partial charge is 0.526 e. The summed E-state index contributed by atoms with van der Waals surface area (Å²) in [5.74, 6) is -6.44. The lowest BCUT2D eigenvalue weighted by Gasteiger charge is -2.64. The van der Waals surface area contributed by atoms with Crippen molar-refractivity contribution in [2.75, 3.05) is 46.4 Å². The number of ether oxygens (including phenoxy) is 2. The summed E-state index contributed by atoms with van der Waals surface area (Å²) in [6.07, 6.45) is 2.25. The average Bonchev–Trinajstić information content (AvgIpc) is 1.65. The number of aryl methyl sites for hydroxylation is 2. The summed E-state index contributed by atoms with van der Waals surface area (Å²) in [5, 5.41) is 31.0. The molecular weight excluding hydrogens is 1250 g/mol. The van der Waals surface area contributed by atoms with E-state index in [0.29, 0.717) is 58.8 Å². The first kappa shape index (κ1) is 72.3. The first-order valence-electron chi connectivity index (χ1n) is 31.4. The predicted molar refractivity (Wildman–Crippen MR) is 344 cm³/mol. The first-order chi connectivity index (χ1) is 44.6. The van der Waals surface area contributed by atoms with Crippen molar-refractivity contribution >= 4 is 84.4 Å². The van der Waals surface area contributed by atoms with Crippen molar-refractivity contribution in [2.24, 2.45) is 23.0 Å². The number of aromatic carboxylic acids is 1. The van der Waals surface area contributed by atoms with Gasteiger partial charge in [-0.2, -0.15) is 0 Å². The molecule has 4 aliphatic heterocycles. The van der Waals surface area contributed by atoms with Crippen LogP contribution in [0.4, 0.5) is 9.59 Å². The monoisotopic (exact) mass is 1330 g/mol. The molecule has 27 nitrogen and oxygen atoms in total. The van der Waals surface area contributed by atoms with E-state index in [1.807, 2.05) is 58.9 Å². The number of esters is 1. The highest BCUT2D eigenvalue weighted by atomic mass is 35.5. The van der Waals surface area contributed by atoms with Crippen LogP contribution in [0.25, 0.3) is 0 Å². The predicted octanol–water partition coefficient (Wildman–Crippen LogP) is 5.66. The molecule has 2 aromatic carbocycles. The van der Waals surface area contributed by atoms with E-state index < -0.39 is 107 Å². The number of Topliss-reactive ketones (excluding diaryl/α,β-unsaturated/α-hetero) is 2. The number of fused-ring (bicyclic) bond motifs is 1. The van der Waals surface area contributed by atoms with Crippen LogP contribution in [0.1, 0.15) is 148 Å². The maximum atomic E-state index is 13.8. The second kappa shape index (κ2) is 29.2. The number of carboxylic acid groups (broad SMARTS) is 1. The highest BCUT2D eigenvalue weighted by Crippen LogP contribution is 2.66. The zero-order valence-electron chi connectivity index (χ0n) is 55.0. The summed E-state index contributed by atoms with van der Waals surface area (Å²) in [6, 6.07) is 12.4. The van der Waals surface area contributed by atoms with Gasteiger partial charge in [0.25, 0.3) is 5.56 Å². The zero-order valence-corrected chi connectivity index (χ0v) is 55.8. The van der Waals surface area contributed by atoms with E-state index in [2.05, 4.69) is 36.1 Å². The fraction of sp³-hybridized carbons (Fsp3) is 0.508. The SMILES string of the molecule is CCN1CCN(C(=O)Cl)C(=O)C1=O.CCN1CCN(C(=O)NC(C(=O)C[C@H]2Cc3cccc(C(=O)O)c3OB2O)c2ccc(O)c(=O)[nH]2)C(=O)C1=O.COc1c(C[C@H](CC(=O)C(N)c2ccc(C)c(C)n2)B2OC3C[C@H]4C[C@@H](C4(C)C)[C@]3(C)O2)cccc1C(=O)OC(C)(C)C. The highest BCUT2D eigenvalue weighted by Gasteiger charge is 2.68. The van der Waals surface area contributed by atoms with E-state index in [9.17, 15) is 68.0 Å². The number of pyridine rings is 2. The van der Waals surface area contributed by atoms with Crippen molar-refractivity contribution in [3.8, 4) is 17.2 Å². The molecule has 11 rings (SSSR count). The standard InChI is InChI=1S/C34H47BN2O6.C24H25BN4O10.C7H9ClN2O3/c1-19-13-14-25(37-20(19)2)29(36)26(38)18-23(35-42-28-17-22-16-27(33(22,6)7)34(28,8)43-35)15-21-11-10-12-24(30(21)40-9)31(39)41-32(3,4)5;1-2-28-8-9-29(22(34)21(28)33)24(37)27-18(15-6-7-16(30)20(32)26-15)17(31)11-13-10-12-4-3-5-14(23(35)36)19(12)39-25(13)38;1-2-9-3-4-10(7(8)13)6(12)5(9)11/h10-14,22-23,27-29H,15-18,36H2,1-9H3;3-7,13,18,30,38H,2,8-11H2,1H3,(H,26,32)(H,27,37)(H,35,36);2-4H2,1H3/t22-,23-,27+,28?,29?,34+;13-,18?;/m11./s1. The Kier molecular flexibility index (Phi) is 22.3. The van der Waals surface area contributed by atoms with E-state index in [1.165, 1.54) is 28.0 Å². The quantitative estimate of drug-likeness (QED) is 0.0244. The number of aromatic nitrogens is 2. The number of para-hydroxylation sites is 2. The van der Waals surface area contributed by atoms with Crippen LogP contribution in [0.15, 0.2) is 65.5 Å². The Morgan fingerprint density at radius 3 is 2.07 bits per heavy atom. The minimum Gasteiger partial charge on any atom is -0.535 e. The molecule has 3 unspecified atom stereocenters. The van der Waals surface area contributed by atoms with Crippen molar-refractivity contribution in [2.45, 2.75) is 149 Å². The molecule has 95 heavy (non-hydrogen) atoms. The number of nitrogens with two attached hydrogens (primary N) is 1. The van der Waals surface area contributed by atoms with Gasteiger partial charge in [-0.3, -0.25) is 53.1 Å². The maximum Gasteiger partial charge on any atom is 0.526 e. The number of urea groups is 1. The summed E-state index contributed by atoms with van der Waals surface area (Å²) in [6.45, 7) is 20.9. The molecule has 3 saturated heterocycles. The molecule has 30 heteroatoms. The van der Waals surface area contributed by atoms with E-state index in [1.54, 1.807) is 33.1 Å². The molecule has 0 spiro atoms.